The third-order valence-electron chi connectivity index (χ3n) is 4.11. The number of halogens is 1. The highest BCUT2D eigenvalue weighted by Gasteiger charge is 2.34. The van der Waals surface area contributed by atoms with Gasteiger partial charge in [0.1, 0.15) is 4.47 Å². The molecule has 4 nitrogen and oxygen atoms in total. The van der Waals surface area contributed by atoms with E-state index in [0.29, 0.717) is 23.0 Å². The van der Waals surface area contributed by atoms with Crippen LogP contribution >= 0.6 is 15.9 Å². The second-order valence-electron chi connectivity index (χ2n) is 6.83. The molecule has 1 heterocycles. The van der Waals surface area contributed by atoms with Gasteiger partial charge in [-0.15, -0.1) is 0 Å². The lowest BCUT2D eigenvalue weighted by Gasteiger charge is -2.29. The molecule has 0 amide bonds. The molecule has 1 unspecified atom stereocenters. The molecule has 1 aromatic heterocycles. The van der Waals surface area contributed by atoms with E-state index < -0.39 is 0 Å². The number of hydrogen-bond donors (Lipinski definition) is 1. The molecule has 0 aromatic carbocycles. The molecule has 1 aliphatic rings. The summed E-state index contributed by atoms with van der Waals surface area (Å²) in [5.41, 5.74) is 1.03. The van der Waals surface area contributed by atoms with Crippen LogP contribution in [0.25, 0.3) is 0 Å². The zero-order valence-electron chi connectivity index (χ0n) is 12.7. The Morgan fingerprint density at radius 2 is 2.25 bits per heavy atom. The van der Waals surface area contributed by atoms with Gasteiger partial charge in [-0.05, 0) is 40.1 Å². The van der Waals surface area contributed by atoms with E-state index in [1.807, 2.05) is 0 Å². The van der Waals surface area contributed by atoms with Crippen molar-refractivity contribution in [1.29, 1.82) is 0 Å². The Hall–Kier alpha value is -0.840. The molecule has 1 N–H and O–H groups in total. The zero-order valence-corrected chi connectivity index (χ0v) is 14.3. The largest absolute Gasteiger partial charge is 0.379 e. The molecule has 112 valence electrons. The van der Waals surface area contributed by atoms with Crippen LogP contribution in [-0.2, 0) is 6.54 Å². The highest BCUT2D eigenvalue weighted by atomic mass is 79.9. The van der Waals surface area contributed by atoms with Crippen LogP contribution < -0.4 is 10.9 Å². The highest BCUT2D eigenvalue weighted by molar-refractivity contribution is 9.10. The summed E-state index contributed by atoms with van der Waals surface area (Å²) in [6, 6.07) is 0.404. The second-order valence-corrected chi connectivity index (χ2v) is 7.62. The smallest absolute Gasteiger partial charge is 0.283 e. The van der Waals surface area contributed by atoms with Crippen LogP contribution in [0.5, 0.6) is 0 Å². The van der Waals surface area contributed by atoms with Crippen LogP contribution in [0, 0.1) is 11.3 Å². The molecule has 5 heteroatoms. The minimum absolute atomic E-state index is 0.0560. The predicted octanol–water partition coefficient (Wildman–Crippen LogP) is 3.65. The Bertz CT molecular complexity index is 536. The first-order chi connectivity index (χ1) is 9.31. The molecule has 0 radical (unpaired) electrons. The van der Waals surface area contributed by atoms with Crippen molar-refractivity contribution in [3.05, 3.63) is 21.0 Å². The lowest BCUT2D eigenvalue weighted by atomic mass is 9.87. The molecule has 1 fully saturated rings. The molecule has 0 aliphatic heterocycles. The maximum absolute atomic E-state index is 12.3. The fourth-order valence-corrected chi connectivity index (χ4v) is 3.25. The van der Waals surface area contributed by atoms with Gasteiger partial charge in [-0.2, -0.15) is 5.10 Å². The van der Waals surface area contributed by atoms with Crippen LogP contribution in [0.1, 0.15) is 47.0 Å². The molecule has 2 rings (SSSR count). The minimum atomic E-state index is -0.0560. The number of anilines is 1. The van der Waals surface area contributed by atoms with E-state index in [2.05, 4.69) is 54.0 Å². The molecule has 0 spiro atoms. The molecule has 0 saturated heterocycles. The summed E-state index contributed by atoms with van der Waals surface area (Å²) in [4.78, 5) is 12.3. The van der Waals surface area contributed by atoms with Crippen molar-refractivity contribution in [2.75, 3.05) is 5.32 Å². The van der Waals surface area contributed by atoms with E-state index in [9.17, 15) is 4.79 Å². The van der Waals surface area contributed by atoms with Gasteiger partial charge in [-0.1, -0.05) is 34.1 Å². The number of rotatable bonds is 4. The molecular formula is C15H24BrN3O. The molecule has 1 aromatic rings. The molecule has 20 heavy (non-hydrogen) atoms. The quantitative estimate of drug-likeness (QED) is 0.909. The molecule has 1 aliphatic carbocycles. The van der Waals surface area contributed by atoms with Gasteiger partial charge in [0.25, 0.3) is 5.56 Å². The summed E-state index contributed by atoms with van der Waals surface area (Å²) < 4.78 is 2.12. The van der Waals surface area contributed by atoms with Gasteiger partial charge in [0.05, 0.1) is 11.9 Å². The second kappa shape index (κ2) is 5.88. The normalized spacial score (nSPS) is 21.4. The van der Waals surface area contributed by atoms with Gasteiger partial charge in [0.15, 0.2) is 0 Å². The van der Waals surface area contributed by atoms with Crippen molar-refractivity contribution >= 4 is 21.6 Å². The molecule has 1 saturated carbocycles. The van der Waals surface area contributed by atoms with Gasteiger partial charge in [0.2, 0.25) is 0 Å². The topological polar surface area (TPSA) is 46.9 Å². The van der Waals surface area contributed by atoms with Crippen molar-refractivity contribution in [2.24, 2.45) is 11.3 Å². The van der Waals surface area contributed by atoms with E-state index in [1.54, 1.807) is 6.20 Å². The fourth-order valence-electron chi connectivity index (χ4n) is 2.82. The number of nitrogens with zero attached hydrogens (tertiary/aromatic N) is 2. The van der Waals surface area contributed by atoms with Crippen LogP contribution in [0.3, 0.4) is 0 Å². The van der Waals surface area contributed by atoms with Crippen LogP contribution in [-0.4, -0.2) is 15.8 Å². The first kappa shape index (κ1) is 15.5. The summed E-state index contributed by atoms with van der Waals surface area (Å²) >= 11 is 3.43. The Kier molecular flexibility index (Phi) is 4.57. The van der Waals surface area contributed by atoms with E-state index in [1.165, 1.54) is 17.5 Å². The first-order valence-corrected chi connectivity index (χ1v) is 8.12. The van der Waals surface area contributed by atoms with Gasteiger partial charge in [-0.3, -0.25) is 4.79 Å². The lowest BCUT2D eigenvalue weighted by molar-refractivity contribution is 0.349. The fraction of sp³-hybridized carbons (Fsp3) is 0.733. The summed E-state index contributed by atoms with van der Waals surface area (Å²) in [5.74, 6) is 0.402. The van der Waals surface area contributed by atoms with Crippen molar-refractivity contribution < 1.29 is 0 Å². The number of nitrogens with one attached hydrogen (secondary N) is 1. The van der Waals surface area contributed by atoms with Crippen molar-refractivity contribution in [3.63, 3.8) is 0 Å². The zero-order chi connectivity index (χ0) is 14.9. The maximum atomic E-state index is 12.3. The third-order valence-corrected chi connectivity index (χ3v) is 4.88. The monoisotopic (exact) mass is 341 g/mol. The summed E-state index contributed by atoms with van der Waals surface area (Å²) in [6.45, 7) is 9.36. The Morgan fingerprint density at radius 1 is 1.55 bits per heavy atom. The number of hydrogen-bond acceptors (Lipinski definition) is 3. The number of aromatic nitrogens is 2. The highest BCUT2D eigenvalue weighted by Crippen LogP contribution is 2.39. The van der Waals surface area contributed by atoms with E-state index in [0.717, 1.165) is 12.1 Å². The lowest BCUT2D eigenvalue weighted by Crippen LogP contribution is -2.33. The summed E-state index contributed by atoms with van der Waals surface area (Å²) in [7, 11) is 0. The predicted molar refractivity (Wildman–Crippen MR) is 86.1 cm³/mol. The Morgan fingerprint density at radius 3 is 2.80 bits per heavy atom. The standard InChI is InChI=1S/C15H24BrN3O/c1-10(2)9-19-14(20)13(16)11(8-17-19)18-12-6-5-7-15(12,3)4/h8,10,12,18H,5-7,9H2,1-4H3. The Labute approximate surface area is 129 Å². The SMILES string of the molecule is CC(C)Cn1ncc(NC2CCCC2(C)C)c(Br)c1=O. The van der Waals surface area contributed by atoms with Crippen molar-refractivity contribution in [2.45, 2.75) is 59.5 Å². The average Bonchev–Trinajstić information content (AvgIpc) is 2.68. The van der Waals surface area contributed by atoms with Crippen molar-refractivity contribution in [3.8, 4) is 0 Å². The maximum Gasteiger partial charge on any atom is 0.283 e. The van der Waals surface area contributed by atoms with Crippen LogP contribution in [0.4, 0.5) is 5.69 Å². The molecular weight excluding hydrogens is 318 g/mol. The van der Waals surface area contributed by atoms with E-state index in [4.69, 9.17) is 0 Å². The van der Waals surface area contributed by atoms with Gasteiger partial charge in [0, 0.05) is 12.6 Å². The van der Waals surface area contributed by atoms with Gasteiger partial charge in [-0.25, -0.2) is 4.68 Å². The minimum Gasteiger partial charge on any atom is -0.379 e. The summed E-state index contributed by atoms with van der Waals surface area (Å²) in [6.07, 6.45) is 5.37. The van der Waals surface area contributed by atoms with E-state index in [-0.39, 0.29) is 11.0 Å². The third kappa shape index (κ3) is 3.25. The van der Waals surface area contributed by atoms with Gasteiger partial charge >= 0.3 is 0 Å². The van der Waals surface area contributed by atoms with Crippen LogP contribution in [0.2, 0.25) is 0 Å². The average molecular weight is 342 g/mol. The molecule has 0 bridgehead atoms. The van der Waals surface area contributed by atoms with Crippen LogP contribution in [0.15, 0.2) is 15.5 Å². The van der Waals surface area contributed by atoms with Gasteiger partial charge < -0.3 is 5.32 Å². The van der Waals surface area contributed by atoms with Crippen molar-refractivity contribution in [1.82, 2.24) is 9.78 Å². The Balaban J connectivity index is 2.22. The van der Waals surface area contributed by atoms with E-state index >= 15 is 0 Å². The molecule has 1 atom stereocenters. The summed E-state index contributed by atoms with van der Waals surface area (Å²) in [5, 5.41) is 7.78. The first-order valence-electron chi connectivity index (χ1n) is 7.33.